The number of hydrogen-bond donors (Lipinski definition) is 1. The van der Waals surface area contributed by atoms with Crippen LogP contribution in [0.4, 0.5) is 22.0 Å². The second kappa shape index (κ2) is 7.13. The molecule has 1 atom stereocenters. The van der Waals surface area contributed by atoms with Crippen LogP contribution in [-0.4, -0.2) is 30.5 Å². The summed E-state index contributed by atoms with van der Waals surface area (Å²) in [7, 11) is 1.26. The Bertz CT molecular complexity index is 1140. The fraction of sp³-hybridized carbons (Fsp3) is 0.368. The molecule has 0 saturated carbocycles. The highest BCUT2D eigenvalue weighted by Gasteiger charge is 2.36. The average molecular weight is 440 g/mol. The maximum absolute atomic E-state index is 13.6. The minimum absolute atomic E-state index is 0.225. The Labute approximate surface area is 172 Å². The van der Waals surface area contributed by atoms with Crippen LogP contribution < -0.4 is 5.32 Å². The standard InChI is InChI=1S/C19H17F5N6O/c1-18(20,21)15-7-10(5-6-25-15)30-9-11-12(3-4-13(11)27-30)26-17(31)14-8-16(19(22,23)24)28-29(14)2/h5-9,12H,3-4H2,1-2H3,(H,26,31). The van der Waals surface area contributed by atoms with E-state index in [0.717, 1.165) is 11.6 Å². The lowest BCUT2D eigenvalue weighted by molar-refractivity contribution is -0.141. The number of fused-ring (bicyclic) bond motifs is 1. The minimum atomic E-state index is -4.66. The van der Waals surface area contributed by atoms with E-state index in [1.54, 1.807) is 6.20 Å². The van der Waals surface area contributed by atoms with E-state index in [2.05, 4.69) is 20.5 Å². The van der Waals surface area contributed by atoms with Gasteiger partial charge in [0.2, 0.25) is 0 Å². The van der Waals surface area contributed by atoms with Crippen molar-refractivity contribution in [3.8, 4) is 5.69 Å². The van der Waals surface area contributed by atoms with E-state index in [0.29, 0.717) is 35.9 Å². The van der Waals surface area contributed by atoms with Gasteiger partial charge in [-0.25, -0.2) is 4.68 Å². The Morgan fingerprint density at radius 1 is 1.16 bits per heavy atom. The highest BCUT2D eigenvalue weighted by Crippen LogP contribution is 2.33. The third kappa shape index (κ3) is 4.01. The van der Waals surface area contributed by atoms with Crippen molar-refractivity contribution in [1.82, 2.24) is 29.9 Å². The van der Waals surface area contributed by atoms with Crippen LogP contribution in [0.25, 0.3) is 5.69 Å². The van der Waals surface area contributed by atoms with E-state index in [4.69, 9.17) is 0 Å². The molecule has 0 spiro atoms. The molecule has 0 saturated heterocycles. The van der Waals surface area contributed by atoms with Crippen LogP contribution in [0.15, 0.2) is 30.6 Å². The van der Waals surface area contributed by atoms with Gasteiger partial charge in [-0.2, -0.15) is 32.1 Å². The molecular weight excluding hydrogens is 423 g/mol. The van der Waals surface area contributed by atoms with Gasteiger partial charge in [-0.3, -0.25) is 14.5 Å². The van der Waals surface area contributed by atoms with Crippen LogP contribution in [0, 0.1) is 0 Å². The molecule has 0 aliphatic heterocycles. The molecule has 1 N–H and O–H groups in total. The number of pyridine rings is 1. The zero-order chi connectivity index (χ0) is 22.6. The summed E-state index contributed by atoms with van der Waals surface area (Å²) in [5.74, 6) is -3.81. The minimum Gasteiger partial charge on any atom is -0.344 e. The van der Waals surface area contributed by atoms with Gasteiger partial charge in [0.05, 0.1) is 17.4 Å². The van der Waals surface area contributed by atoms with Crippen LogP contribution in [0.1, 0.15) is 52.5 Å². The smallest absolute Gasteiger partial charge is 0.344 e. The van der Waals surface area contributed by atoms with Crippen LogP contribution in [-0.2, 0) is 25.6 Å². The second-order valence-electron chi connectivity index (χ2n) is 7.36. The van der Waals surface area contributed by atoms with E-state index in [1.807, 2.05) is 0 Å². The van der Waals surface area contributed by atoms with Crippen molar-refractivity contribution in [3.05, 3.63) is 58.9 Å². The topological polar surface area (TPSA) is 77.6 Å². The van der Waals surface area contributed by atoms with Crippen molar-refractivity contribution in [3.63, 3.8) is 0 Å². The number of carbonyl (C=O) groups excluding carboxylic acids is 1. The molecule has 0 radical (unpaired) electrons. The normalized spacial score (nSPS) is 16.4. The van der Waals surface area contributed by atoms with Crippen LogP contribution >= 0.6 is 0 Å². The first-order valence-corrected chi connectivity index (χ1v) is 9.29. The molecule has 4 rings (SSSR count). The monoisotopic (exact) mass is 440 g/mol. The first-order valence-electron chi connectivity index (χ1n) is 9.29. The third-order valence-corrected chi connectivity index (χ3v) is 5.03. The lowest BCUT2D eigenvalue weighted by Gasteiger charge is -2.13. The van der Waals surface area contributed by atoms with Gasteiger partial charge in [0, 0.05) is 38.0 Å². The van der Waals surface area contributed by atoms with Gasteiger partial charge in [0.1, 0.15) is 11.4 Å². The van der Waals surface area contributed by atoms with Crippen LogP contribution in [0.3, 0.4) is 0 Å². The second-order valence-corrected chi connectivity index (χ2v) is 7.36. The number of rotatable bonds is 4. The molecule has 164 valence electrons. The molecule has 7 nitrogen and oxygen atoms in total. The lowest BCUT2D eigenvalue weighted by Crippen LogP contribution is -2.28. The first-order chi connectivity index (χ1) is 14.4. The summed E-state index contributed by atoms with van der Waals surface area (Å²) in [6, 6.07) is 2.97. The van der Waals surface area contributed by atoms with E-state index >= 15 is 0 Å². The number of halogens is 5. The number of amides is 1. The Kier molecular flexibility index (Phi) is 4.82. The van der Waals surface area contributed by atoms with E-state index in [9.17, 15) is 26.7 Å². The van der Waals surface area contributed by atoms with Gasteiger partial charge in [-0.15, -0.1) is 0 Å². The number of carbonyl (C=O) groups is 1. The van der Waals surface area contributed by atoms with Gasteiger partial charge >= 0.3 is 6.18 Å². The molecule has 1 aliphatic rings. The summed E-state index contributed by atoms with van der Waals surface area (Å²) in [5.41, 5.74) is -0.0471. The molecule has 0 fully saturated rings. The molecule has 1 aliphatic carbocycles. The maximum Gasteiger partial charge on any atom is 0.435 e. The van der Waals surface area contributed by atoms with Gasteiger partial charge in [-0.1, -0.05) is 0 Å². The van der Waals surface area contributed by atoms with Crippen molar-refractivity contribution < 1.29 is 26.7 Å². The predicted molar refractivity (Wildman–Crippen MR) is 97.7 cm³/mol. The van der Waals surface area contributed by atoms with Crippen molar-refractivity contribution in [1.29, 1.82) is 0 Å². The molecule has 0 aromatic carbocycles. The fourth-order valence-electron chi connectivity index (χ4n) is 3.48. The molecule has 0 bridgehead atoms. The zero-order valence-corrected chi connectivity index (χ0v) is 16.4. The summed E-state index contributed by atoms with van der Waals surface area (Å²) in [6.45, 7) is 0.746. The number of hydrogen-bond acceptors (Lipinski definition) is 4. The summed E-state index contributed by atoms with van der Waals surface area (Å²) in [6.07, 6.45) is -0.743. The molecule has 3 aromatic heterocycles. The lowest BCUT2D eigenvalue weighted by atomic mass is 10.2. The van der Waals surface area contributed by atoms with Gasteiger partial charge in [0.25, 0.3) is 11.8 Å². The third-order valence-electron chi connectivity index (χ3n) is 5.03. The maximum atomic E-state index is 13.6. The summed E-state index contributed by atoms with van der Waals surface area (Å²) < 4.78 is 68.0. The van der Waals surface area contributed by atoms with Crippen molar-refractivity contribution in [2.24, 2.45) is 7.05 Å². The van der Waals surface area contributed by atoms with Crippen molar-refractivity contribution in [2.75, 3.05) is 0 Å². The zero-order valence-electron chi connectivity index (χ0n) is 16.4. The molecular formula is C19H17F5N6O. The summed E-state index contributed by atoms with van der Waals surface area (Å²) in [5, 5.41) is 10.4. The fourth-order valence-corrected chi connectivity index (χ4v) is 3.48. The van der Waals surface area contributed by atoms with Crippen molar-refractivity contribution in [2.45, 2.75) is 37.9 Å². The highest BCUT2D eigenvalue weighted by atomic mass is 19.4. The number of aryl methyl sites for hydroxylation is 2. The molecule has 3 heterocycles. The largest absolute Gasteiger partial charge is 0.435 e. The summed E-state index contributed by atoms with van der Waals surface area (Å²) >= 11 is 0. The Balaban J connectivity index is 1.56. The Morgan fingerprint density at radius 3 is 2.55 bits per heavy atom. The average Bonchev–Trinajstić information content (AvgIpc) is 3.36. The van der Waals surface area contributed by atoms with Gasteiger partial charge < -0.3 is 5.32 Å². The van der Waals surface area contributed by atoms with Crippen LogP contribution in [0.5, 0.6) is 0 Å². The van der Waals surface area contributed by atoms with Gasteiger partial charge in [-0.05, 0) is 25.0 Å². The Hall–Kier alpha value is -3.31. The van der Waals surface area contributed by atoms with E-state index in [1.165, 1.54) is 30.1 Å². The SMILES string of the molecule is Cn1nc(C(F)(F)F)cc1C(=O)NC1CCc2nn(-c3ccnc(C(C)(F)F)c3)cc21. The Morgan fingerprint density at radius 2 is 1.90 bits per heavy atom. The highest BCUT2D eigenvalue weighted by molar-refractivity contribution is 5.93. The number of alkyl halides is 5. The van der Waals surface area contributed by atoms with E-state index < -0.39 is 35.4 Å². The first kappa shape index (κ1) is 20.9. The molecule has 12 heteroatoms. The van der Waals surface area contributed by atoms with E-state index in [-0.39, 0.29) is 5.69 Å². The number of aromatic nitrogens is 5. The number of nitrogens with zero attached hydrogens (tertiary/aromatic N) is 5. The quantitative estimate of drug-likeness (QED) is 0.630. The number of nitrogens with one attached hydrogen (secondary N) is 1. The predicted octanol–water partition coefficient (Wildman–Crippen LogP) is 3.55. The molecule has 31 heavy (non-hydrogen) atoms. The van der Waals surface area contributed by atoms with Gasteiger partial charge in [0.15, 0.2) is 5.69 Å². The van der Waals surface area contributed by atoms with Crippen molar-refractivity contribution >= 4 is 5.91 Å². The molecule has 1 unspecified atom stereocenters. The molecule has 3 aromatic rings. The van der Waals surface area contributed by atoms with Crippen LogP contribution in [0.2, 0.25) is 0 Å². The summed E-state index contributed by atoms with van der Waals surface area (Å²) in [4.78, 5) is 16.2. The molecule has 1 amide bonds.